The average molecular weight is 231 g/mol. The van der Waals surface area contributed by atoms with Gasteiger partial charge in [-0.25, -0.2) is 4.68 Å². The summed E-state index contributed by atoms with van der Waals surface area (Å²) >= 11 is 0. The van der Waals surface area contributed by atoms with Gasteiger partial charge in [0.25, 0.3) is 0 Å². The van der Waals surface area contributed by atoms with E-state index < -0.39 is 0 Å². The zero-order chi connectivity index (χ0) is 12.3. The van der Waals surface area contributed by atoms with Crippen molar-refractivity contribution in [1.82, 2.24) is 9.78 Å². The lowest BCUT2D eigenvalue weighted by atomic mass is 10.2. The van der Waals surface area contributed by atoms with E-state index in [0.717, 1.165) is 29.1 Å². The Hall–Kier alpha value is -1.81. The van der Waals surface area contributed by atoms with Crippen LogP contribution in [0.15, 0.2) is 30.5 Å². The molecule has 0 bridgehead atoms. The number of aromatic nitrogens is 2. The van der Waals surface area contributed by atoms with Gasteiger partial charge in [0.1, 0.15) is 11.4 Å². The summed E-state index contributed by atoms with van der Waals surface area (Å²) in [5.41, 5.74) is 8.87. The molecule has 0 unspecified atom stereocenters. The fourth-order valence-electron chi connectivity index (χ4n) is 1.97. The Balaban J connectivity index is 2.56. The predicted octanol–water partition coefficient (Wildman–Crippen LogP) is 1.90. The molecule has 0 saturated carbocycles. The van der Waals surface area contributed by atoms with E-state index >= 15 is 0 Å². The van der Waals surface area contributed by atoms with Gasteiger partial charge in [-0.05, 0) is 18.6 Å². The second-order valence-corrected chi connectivity index (χ2v) is 3.76. The molecule has 0 saturated heterocycles. The van der Waals surface area contributed by atoms with E-state index in [9.17, 15) is 0 Å². The SMILES string of the molecule is CCc1c(CN)cnn1-c1ccccc1OC. The highest BCUT2D eigenvalue weighted by Crippen LogP contribution is 2.24. The van der Waals surface area contributed by atoms with E-state index in [2.05, 4.69) is 12.0 Å². The van der Waals surface area contributed by atoms with Gasteiger partial charge in [0.15, 0.2) is 0 Å². The van der Waals surface area contributed by atoms with Crippen molar-refractivity contribution in [2.75, 3.05) is 7.11 Å². The van der Waals surface area contributed by atoms with E-state index in [-0.39, 0.29) is 0 Å². The molecular weight excluding hydrogens is 214 g/mol. The summed E-state index contributed by atoms with van der Waals surface area (Å²) in [5.74, 6) is 0.814. The molecule has 1 aromatic heterocycles. The first-order valence-electron chi connectivity index (χ1n) is 5.71. The molecule has 4 nitrogen and oxygen atoms in total. The molecule has 0 spiro atoms. The molecule has 4 heteroatoms. The maximum Gasteiger partial charge on any atom is 0.144 e. The molecule has 2 aromatic rings. The minimum Gasteiger partial charge on any atom is -0.494 e. The monoisotopic (exact) mass is 231 g/mol. The Morgan fingerprint density at radius 3 is 2.76 bits per heavy atom. The second-order valence-electron chi connectivity index (χ2n) is 3.76. The van der Waals surface area contributed by atoms with E-state index in [1.54, 1.807) is 7.11 Å². The molecule has 90 valence electrons. The minimum absolute atomic E-state index is 0.512. The number of benzene rings is 1. The van der Waals surface area contributed by atoms with Gasteiger partial charge < -0.3 is 10.5 Å². The van der Waals surface area contributed by atoms with Crippen LogP contribution in [0.25, 0.3) is 5.69 Å². The highest BCUT2D eigenvalue weighted by Gasteiger charge is 2.12. The highest BCUT2D eigenvalue weighted by molar-refractivity contribution is 5.47. The topological polar surface area (TPSA) is 53.1 Å². The summed E-state index contributed by atoms with van der Waals surface area (Å²) in [7, 11) is 1.66. The normalized spacial score (nSPS) is 10.5. The van der Waals surface area contributed by atoms with Gasteiger partial charge in [0.05, 0.1) is 13.3 Å². The smallest absolute Gasteiger partial charge is 0.144 e. The lowest BCUT2D eigenvalue weighted by molar-refractivity contribution is 0.411. The molecule has 2 rings (SSSR count). The van der Waals surface area contributed by atoms with Gasteiger partial charge in [-0.3, -0.25) is 0 Å². The Kier molecular flexibility index (Phi) is 3.44. The van der Waals surface area contributed by atoms with Gasteiger partial charge in [-0.15, -0.1) is 0 Å². The molecule has 0 aliphatic rings. The van der Waals surface area contributed by atoms with Gasteiger partial charge in [0.2, 0.25) is 0 Å². The van der Waals surface area contributed by atoms with Crippen LogP contribution in [0, 0.1) is 0 Å². The van der Waals surface area contributed by atoms with Gasteiger partial charge >= 0.3 is 0 Å². The molecule has 0 aliphatic heterocycles. The van der Waals surface area contributed by atoms with Crippen molar-refractivity contribution in [3.63, 3.8) is 0 Å². The first kappa shape index (κ1) is 11.7. The van der Waals surface area contributed by atoms with E-state index in [1.165, 1.54) is 0 Å². The number of hydrogen-bond acceptors (Lipinski definition) is 3. The first-order chi connectivity index (χ1) is 8.31. The quantitative estimate of drug-likeness (QED) is 0.874. The van der Waals surface area contributed by atoms with Crippen molar-refractivity contribution in [3.8, 4) is 11.4 Å². The zero-order valence-electron chi connectivity index (χ0n) is 10.2. The van der Waals surface area contributed by atoms with Gasteiger partial charge in [-0.1, -0.05) is 19.1 Å². The maximum absolute atomic E-state index is 5.70. The highest BCUT2D eigenvalue weighted by atomic mass is 16.5. The van der Waals surface area contributed by atoms with Crippen molar-refractivity contribution in [1.29, 1.82) is 0 Å². The van der Waals surface area contributed by atoms with Crippen molar-refractivity contribution in [3.05, 3.63) is 41.7 Å². The Labute approximate surface area is 101 Å². The standard InChI is InChI=1S/C13H17N3O/c1-3-11-10(8-14)9-15-16(11)12-6-4-5-7-13(12)17-2/h4-7,9H,3,8,14H2,1-2H3. The van der Waals surface area contributed by atoms with E-state index in [4.69, 9.17) is 10.5 Å². The number of rotatable bonds is 4. The predicted molar refractivity (Wildman–Crippen MR) is 67.4 cm³/mol. The summed E-state index contributed by atoms with van der Waals surface area (Å²) in [5, 5.41) is 4.39. The Morgan fingerprint density at radius 1 is 1.35 bits per heavy atom. The number of nitrogens with two attached hydrogens (primary N) is 1. The van der Waals surface area contributed by atoms with Crippen LogP contribution in [-0.2, 0) is 13.0 Å². The van der Waals surface area contributed by atoms with Crippen molar-refractivity contribution in [2.24, 2.45) is 5.73 Å². The van der Waals surface area contributed by atoms with Crippen molar-refractivity contribution >= 4 is 0 Å². The van der Waals surface area contributed by atoms with Crippen molar-refractivity contribution < 1.29 is 4.74 Å². The maximum atomic E-state index is 5.70. The van der Waals surface area contributed by atoms with Crippen LogP contribution < -0.4 is 10.5 Å². The van der Waals surface area contributed by atoms with Crippen LogP contribution in [0.5, 0.6) is 5.75 Å². The molecule has 0 radical (unpaired) electrons. The largest absolute Gasteiger partial charge is 0.494 e. The average Bonchev–Trinajstić information content (AvgIpc) is 2.81. The van der Waals surface area contributed by atoms with E-state index in [1.807, 2.05) is 35.1 Å². The third kappa shape index (κ3) is 2.03. The first-order valence-corrected chi connectivity index (χ1v) is 5.71. The third-order valence-corrected chi connectivity index (χ3v) is 2.82. The molecule has 1 heterocycles. The molecule has 1 aromatic carbocycles. The summed E-state index contributed by atoms with van der Waals surface area (Å²) in [6.45, 7) is 2.61. The molecule has 0 aliphatic carbocycles. The van der Waals surface area contributed by atoms with Gasteiger partial charge in [0, 0.05) is 17.8 Å². The minimum atomic E-state index is 0.512. The summed E-state index contributed by atoms with van der Waals surface area (Å²) in [6.07, 6.45) is 2.72. The van der Waals surface area contributed by atoms with Crippen LogP contribution in [-0.4, -0.2) is 16.9 Å². The summed E-state index contributed by atoms with van der Waals surface area (Å²) in [6, 6.07) is 7.84. The van der Waals surface area contributed by atoms with Gasteiger partial charge in [-0.2, -0.15) is 5.10 Å². The number of para-hydroxylation sites is 2. The Bertz CT molecular complexity index is 505. The molecule has 0 fully saturated rings. The molecule has 2 N–H and O–H groups in total. The fourth-order valence-corrected chi connectivity index (χ4v) is 1.97. The van der Waals surface area contributed by atoms with Crippen LogP contribution >= 0.6 is 0 Å². The summed E-state index contributed by atoms with van der Waals surface area (Å²) in [4.78, 5) is 0. The Morgan fingerprint density at radius 2 is 2.12 bits per heavy atom. The molecule has 0 atom stereocenters. The lowest BCUT2D eigenvalue weighted by Crippen LogP contribution is -2.06. The van der Waals surface area contributed by atoms with Crippen molar-refractivity contribution in [2.45, 2.75) is 19.9 Å². The lowest BCUT2D eigenvalue weighted by Gasteiger charge is -2.11. The molecular formula is C13H17N3O. The third-order valence-electron chi connectivity index (χ3n) is 2.82. The number of nitrogens with zero attached hydrogens (tertiary/aromatic N) is 2. The number of ether oxygens (including phenoxy) is 1. The molecule has 17 heavy (non-hydrogen) atoms. The second kappa shape index (κ2) is 5.01. The van der Waals surface area contributed by atoms with E-state index in [0.29, 0.717) is 6.54 Å². The van der Waals surface area contributed by atoms with Crippen LogP contribution in [0.4, 0.5) is 0 Å². The number of methoxy groups -OCH3 is 1. The van der Waals surface area contributed by atoms with Crippen LogP contribution in [0.1, 0.15) is 18.2 Å². The number of hydrogen-bond donors (Lipinski definition) is 1. The van der Waals surface area contributed by atoms with Crippen LogP contribution in [0.3, 0.4) is 0 Å². The summed E-state index contributed by atoms with van der Waals surface area (Å²) < 4.78 is 7.25. The zero-order valence-corrected chi connectivity index (χ0v) is 10.2. The van der Waals surface area contributed by atoms with Crippen LogP contribution in [0.2, 0.25) is 0 Å². The fraction of sp³-hybridized carbons (Fsp3) is 0.308. The molecule has 0 amide bonds.